The van der Waals surface area contributed by atoms with E-state index in [0.717, 1.165) is 0 Å². The maximum absolute atomic E-state index is 11.3. The summed E-state index contributed by atoms with van der Waals surface area (Å²) >= 11 is 0. The predicted octanol–water partition coefficient (Wildman–Crippen LogP) is 2.16. The minimum atomic E-state index is -0.396. The lowest BCUT2D eigenvalue weighted by molar-refractivity contribution is -0.155. The van der Waals surface area contributed by atoms with Crippen LogP contribution in [0.25, 0.3) is 0 Å². The first-order chi connectivity index (χ1) is 7.45. The lowest BCUT2D eigenvalue weighted by Crippen LogP contribution is -2.23. The second kappa shape index (κ2) is 8.53. The van der Waals surface area contributed by atoms with Crippen molar-refractivity contribution in [1.29, 1.82) is 0 Å². The summed E-state index contributed by atoms with van der Waals surface area (Å²) in [7, 11) is 0. The standard InChI is InChI=1S/C12H24O4/c1-5-14-9-10-15-8-6-7-11(13)16-12(2,3)4/h5-10H2,1-4H3. The van der Waals surface area contributed by atoms with Crippen molar-refractivity contribution in [3.8, 4) is 0 Å². The lowest BCUT2D eigenvalue weighted by atomic mass is 10.2. The maximum atomic E-state index is 11.3. The van der Waals surface area contributed by atoms with Crippen LogP contribution in [0.4, 0.5) is 0 Å². The van der Waals surface area contributed by atoms with Crippen LogP contribution in [0.5, 0.6) is 0 Å². The van der Waals surface area contributed by atoms with Crippen molar-refractivity contribution >= 4 is 5.97 Å². The Morgan fingerprint density at radius 2 is 1.69 bits per heavy atom. The van der Waals surface area contributed by atoms with E-state index in [4.69, 9.17) is 14.2 Å². The van der Waals surface area contributed by atoms with Crippen LogP contribution in [0.15, 0.2) is 0 Å². The monoisotopic (exact) mass is 232 g/mol. The fraction of sp³-hybridized carbons (Fsp3) is 0.917. The fourth-order valence-electron chi connectivity index (χ4n) is 1.08. The van der Waals surface area contributed by atoms with Crippen LogP contribution in [-0.2, 0) is 19.0 Å². The van der Waals surface area contributed by atoms with Crippen molar-refractivity contribution in [2.75, 3.05) is 26.4 Å². The number of esters is 1. The molecule has 0 fully saturated rings. The summed E-state index contributed by atoms with van der Waals surface area (Å²) in [5.74, 6) is -0.166. The van der Waals surface area contributed by atoms with Gasteiger partial charge in [0.05, 0.1) is 13.2 Å². The average molecular weight is 232 g/mol. The van der Waals surface area contributed by atoms with Gasteiger partial charge in [0.25, 0.3) is 0 Å². The van der Waals surface area contributed by atoms with Crippen LogP contribution in [0.1, 0.15) is 40.5 Å². The number of hydrogen-bond donors (Lipinski definition) is 0. The molecule has 4 nitrogen and oxygen atoms in total. The highest BCUT2D eigenvalue weighted by Crippen LogP contribution is 2.08. The highest BCUT2D eigenvalue weighted by atomic mass is 16.6. The molecule has 4 heteroatoms. The second-order valence-corrected chi connectivity index (χ2v) is 4.50. The van der Waals surface area contributed by atoms with Gasteiger partial charge in [0, 0.05) is 19.6 Å². The van der Waals surface area contributed by atoms with E-state index in [1.165, 1.54) is 0 Å². The summed E-state index contributed by atoms with van der Waals surface area (Å²) in [5, 5.41) is 0. The normalized spacial score (nSPS) is 11.5. The summed E-state index contributed by atoms with van der Waals surface area (Å²) in [5.41, 5.74) is -0.396. The van der Waals surface area contributed by atoms with Gasteiger partial charge >= 0.3 is 5.97 Å². The lowest BCUT2D eigenvalue weighted by Gasteiger charge is -2.19. The van der Waals surface area contributed by atoms with Crippen LogP contribution >= 0.6 is 0 Å². The van der Waals surface area contributed by atoms with Crippen LogP contribution in [0.2, 0.25) is 0 Å². The molecule has 0 saturated heterocycles. The van der Waals surface area contributed by atoms with E-state index in [1.54, 1.807) is 0 Å². The van der Waals surface area contributed by atoms with Crippen molar-refractivity contribution in [1.82, 2.24) is 0 Å². The van der Waals surface area contributed by atoms with Gasteiger partial charge in [-0.3, -0.25) is 4.79 Å². The first-order valence-electron chi connectivity index (χ1n) is 5.83. The third-order valence-electron chi connectivity index (χ3n) is 1.67. The van der Waals surface area contributed by atoms with Gasteiger partial charge in [-0.15, -0.1) is 0 Å². The minimum Gasteiger partial charge on any atom is -0.460 e. The zero-order valence-electron chi connectivity index (χ0n) is 10.9. The van der Waals surface area contributed by atoms with Crippen LogP contribution in [-0.4, -0.2) is 38.0 Å². The van der Waals surface area contributed by atoms with Gasteiger partial charge in [-0.05, 0) is 34.1 Å². The van der Waals surface area contributed by atoms with E-state index in [2.05, 4.69) is 0 Å². The molecule has 0 aliphatic rings. The molecule has 0 aromatic rings. The molecule has 0 aliphatic carbocycles. The quantitative estimate of drug-likeness (QED) is 0.475. The molecule has 0 aromatic carbocycles. The zero-order chi connectivity index (χ0) is 12.4. The van der Waals surface area contributed by atoms with Crippen LogP contribution < -0.4 is 0 Å². The molecule has 16 heavy (non-hydrogen) atoms. The summed E-state index contributed by atoms with van der Waals surface area (Å²) in [6.07, 6.45) is 1.10. The third-order valence-corrected chi connectivity index (χ3v) is 1.67. The molecule has 0 atom stereocenters. The van der Waals surface area contributed by atoms with Gasteiger partial charge in [-0.2, -0.15) is 0 Å². The predicted molar refractivity (Wildman–Crippen MR) is 62.4 cm³/mol. The molecule has 0 aliphatic heterocycles. The van der Waals surface area contributed by atoms with E-state index in [0.29, 0.717) is 39.3 Å². The van der Waals surface area contributed by atoms with Crippen LogP contribution in [0.3, 0.4) is 0 Å². The molecule has 0 heterocycles. The maximum Gasteiger partial charge on any atom is 0.306 e. The first-order valence-corrected chi connectivity index (χ1v) is 5.83. The first kappa shape index (κ1) is 15.4. The number of hydrogen-bond acceptors (Lipinski definition) is 4. The number of rotatable bonds is 8. The van der Waals surface area contributed by atoms with E-state index < -0.39 is 5.60 Å². The molecule has 0 N–H and O–H groups in total. The molecule has 0 aromatic heterocycles. The van der Waals surface area contributed by atoms with Crippen molar-refractivity contribution in [3.63, 3.8) is 0 Å². The van der Waals surface area contributed by atoms with Crippen molar-refractivity contribution in [2.24, 2.45) is 0 Å². The van der Waals surface area contributed by atoms with Crippen molar-refractivity contribution in [2.45, 2.75) is 46.1 Å². The van der Waals surface area contributed by atoms with Crippen LogP contribution in [0, 0.1) is 0 Å². The number of carbonyl (C=O) groups excluding carboxylic acids is 1. The van der Waals surface area contributed by atoms with Crippen molar-refractivity contribution in [3.05, 3.63) is 0 Å². The Labute approximate surface area is 98.3 Å². The molecule has 0 bridgehead atoms. The highest BCUT2D eigenvalue weighted by Gasteiger charge is 2.15. The molecular weight excluding hydrogens is 208 g/mol. The molecule has 96 valence electrons. The third kappa shape index (κ3) is 11.5. The Balaban J connectivity index is 3.28. The Morgan fingerprint density at radius 3 is 2.25 bits per heavy atom. The molecule has 0 rings (SSSR count). The summed E-state index contributed by atoms with van der Waals surface area (Å²) in [4.78, 5) is 11.3. The van der Waals surface area contributed by atoms with Gasteiger partial charge in [-0.25, -0.2) is 0 Å². The summed E-state index contributed by atoms with van der Waals surface area (Å²) in [6.45, 7) is 10.0. The Morgan fingerprint density at radius 1 is 1.06 bits per heavy atom. The SMILES string of the molecule is CCOCCOCCCC(=O)OC(C)(C)C. The van der Waals surface area contributed by atoms with Gasteiger partial charge in [-0.1, -0.05) is 0 Å². The molecular formula is C12H24O4. The van der Waals surface area contributed by atoms with Gasteiger partial charge in [0.15, 0.2) is 0 Å². The Hall–Kier alpha value is -0.610. The van der Waals surface area contributed by atoms with E-state index >= 15 is 0 Å². The molecule has 0 unspecified atom stereocenters. The fourth-order valence-corrected chi connectivity index (χ4v) is 1.08. The Kier molecular flexibility index (Phi) is 8.21. The van der Waals surface area contributed by atoms with E-state index in [1.807, 2.05) is 27.7 Å². The second-order valence-electron chi connectivity index (χ2n) is 4.50. The largest absolute Gasteiger partial charge is 0.460 e. The highest BCUT2D eigenvalue weighted by molar-refractivity contribution is 5.69. The zero-order valence-corrected chi connectivity index (χ0v) is 10.9. The van der Waals surface area contributed by atoms with Gasteiger partial charge < -0.3 is 14.2 Å². The van der Waals surface area contributed by atoms with Crippen molar-refractivity contribution < 1.29 is 19.0 Å². The molecule has 0 spiro atoms. The van der Waals surface area contributed by atoms with Gasteiger partial charge in [0.1, 0.15) is 5.60 Å². The van der Waals surface area contributed by atoms with Gasteiger partial charge in [0.2, 0.25) is 0 Å². The smallest absolute Gasteiger partial charge is 0.306 e. The van der Waals surface area contributed by atoms with E-state index in [-0.39, 0.29) is 5.97 Å². The topological polar surface area (TPSA) is 44.8 Å². The number of carbonyl (C=O) groups is 1. The Bertz CT molecular complexity index is 184. The molecule has 0 amide bonds. The van der Waals surface area contributed by atoms with E-state index in [9.17, 15) is 4.79 Å². The average Bonchev–Trinajstić information content (AvgIpc) is 2.13. The summed E-state index contributed by atoms with van der Waals surface area (Å²) in [6, 6.07) is 0. The molecule has 0 saturated carbocycles. The minimum absolute atomic E-state index is 0.166. The molecule has 0 radical (unpaired) electrons. The summed E-state index contributed by atoms with van der Waals surface area (Å²) < 4.78 is 15.6. The number of ether oxygens (including phenoxy) is 3.